The van der Waals surface area contributed by atoms with E-state index in [-0.39, 0.29) is 5.91 Å². The highest BCUT2D eigenvalue weighted by atomic mass is 35.5. The van der Waals surface area contributed by atoms with Crippen LogP contribution in [0, 0.1) is 0 Å². The number of aromatic nitrogens is 1. The Morgan fingerprint density at radius 2 is 1.84 bits per heavy atom. The Balaban J connectivity index is 1.37. The summed E-state index contributed by atoms with van der Waals surface area (Å²) >= 11 is 7.58. The summed E-state index contributed by atoms with van der Waals surface area (Å²) in [6, 6.07) is 13.7. The predicted octanol–water partition coefficient (Wildman–Crippen LogP) is 3.56. The van der Waals surface area contributed by atoms with Gasteiger partial charge < -0.3 is 4.90 Å². The monoisotopic (exact) mass is 375 g/mol. The molecule has 1 aliphatic heterocycles. The number of halogens is 1. The number of carbonyl (C=O) groups is 1. The van der Waals surface area contributed by atoms with Gasteiger partial charge in [-0.2, -0.15) is 0 Å². The molecule has 0 saturated carbocycles. The van der Waals surface area contributed by atoms with E-state index in [9.17, 15) is 4.79 Å². The first-order valence-corrected chi connectivity index (χ1v) is 9.85. The molecule has 3 rings (SSSR count). The van der Waals surface area contributed by atoms with Gasteiger partial charge in [-0.15, -0.1) is 11.8 Å². The second kappa shape index (κ2) is 9.22. The van der Waals surface area contributed by atoms with Crippen LogP contribution < -0.4 is 0 Å². The van der Waals surface area contributed by atoms with Crippen molar-refractivity contribution < 1.29 is 4.79 Å². The summed E-state index contributed by atoms with van der Waals surface area (Å²) in [5, 5.41) is 0.740. The van der Waals surface area contributed by atoms with Crippen LogP contribution in [-0.4, -0.2) is 52.6 Å². The Kier molecular flexibility index (Phi) is 6.73. The molecule has 2 heterocycles. The van der Waals surface area contributed by atoms with E-state index < -0.39 is 0 Å². The maximum absolute atomic E-state index is 12.4. The molecular weight excluding hydrogens is 354 g/mol. The first-order chi connectivity index (χ1) is 12.2. The van der Waals surface area contributed by atoms with Crippen LogP contribution in [0.5, 0.6) is 0 Å². The Labute approximate surface area is 158 Å². The van der Waals surface area contributed by atoms with Crippen LogP contribution in [0.4, 0.5) is 0 Å². The Hall–Kier alpha value is -1.56. The third kappa shape index (κ3) is 5.73. The van der Waals surface area contributed by atoms with Crippen LogP contribution in [0.2, 0.25) is 5.02 Å². The highest BCUT2D eigenvalue weighted by molar-refractivity contribution is 7.99. The standard InChI is InChI=1S/C19H22ClN3OS/c20-16-4-6-18(7-5-16)25-14-8-19(24)23-12-10-22(11-13-23)15-17-3-1-2-9-21-17/h1-7,9H,8,10-15H2. The lowest BCUT2D eigenvalue weighted by molar-refractivity contribution is -0.132. The molecule has 2 aromatic rings. The highest BCUT2D eigenvalue weighted by Crippen LogP contribution is 2.21. The second-order valence-electron chi connectivity index (χ2n) is 6.03. The van der Waals surface area contributed by atoms with Crippen molar-refractivity contribution in [2.24, 2.45) is 0 Å². The predicted molar refractivity (Wildman–Crippen MR) is 103 cm³/mol. The van der Waals surface area contributed by atoms with Gasteiger partial charge in [0.2, 0.25) is 5.91 Å². The van der Waals surface area contributed by atoms with E-state index in [1.54, 1.807) is 11.8 Å². The largest absolute Gasteiger partial charge is 0.340 e. The molecule has 1 fully saturated rings. The molecule has 0 radical (unpaired) electrons. The SMILES string of the molecule is O=C(CCSc1ccc(Cl)cc1)N1CCN(Cc2ccccn2)CC1. The third-order valence-corrected chi connectivity index (χ3v) is 5.50. The van der Waals surface area contributed by atoms with E-state index in [0.29, 0.717) is 6.42 Å². The van der Waals surface area contributed by atoms with Crippen molar-refractivity contribution in [2.45, 2.75) is 17.9 Å². The first-order valence-electron chi connectivity index (χ1n) is 8.49. The summed E-state index contributed by atoms with van der Waals surface area (Å²) in [6.45, 7) is 4.28. The van der Waals surface area contributed by atoms with E-state index >= 15 is 0 Å². The van der Waals surface area contributed by atoms with Gasteiger partial charge in [-0.25, -0.2) is 0 Å². The molecular formula is C19H22ClN3OS. The Bertz CT molecular complexity index is 673. The normalized spacial score (nSPS) is 15.3. The molecule has 0 unspecified atom stereocenters. The molecule has 0 atom stereocenters. The van der Waals surface area contributed by atoms with Crippen LogP contribution in [0.15, 0.2) is 53.6 Å². The quantitative estimate of drug-likeness (QED) is 0.723. The average Bonchev–Trinajstić information content (AvgIpc) is 2.65. The number of nitrogens with zero attached hydrogens (tertiary/aromatic N) is 3. The summed E-state index contributed by atoms with van der Waals surface area (Å²) in [5.74, 6) is 1.05. The molecule has 132 valence electrons. The minimum atomic E-state index is 0.249. The van der Waals surface area contributed by atoms with Crippen LogP contribution >= 0.6 is 23.4 Å². The fourth-order valence-electron chi connectivity index (χ4n) is 2.82. The van der Waals surface area contributed by atoms with Crippen LogP contribution in [-0.2, 0) is 11.3 Å². The van der Waals surface area contributed by atoms with E-state index in [0.717, 1.165) is 54.1 Å². The van der Waals surface area contributed by atoms with Gasteiger partial charge in [0.15, 0.2) is 0 Å². The number of piperazine rings is 1. The number of carbonyl (C=O) groups excluding carboxylic acids is 1. The maximum atomic E-state index is 12.4. The van der Waals surface area contributed by atoms with Gasteiger partial charge in [-0.3, -0.25) is 14.7 Å². The van der Waals surface area contributed by atoms with Crippen molar-refractivity contribution >= 4 is 29.3 Å². The molecule has 0 bridgehead atoms. The third-order valence-electron chi connectivity index (χ3n) is 4.24. The van der Waals surface area contributed by atoms with Crippen molar-refractivity contribution in [3.63, 3.8) is 0 Å². The molecule has 1 aliphatic rings. The number of hydrogen-bond donors (Lipinski definition) is 0. The van der Waals surface area contributed by atoms with Crippen molar-refractivity contribution in [1.82, 2.24) is 14.8 Å². The van der Waals surface area contributed by atoms with Crippen LogP contribution in [0.1, 0.15) is 12.1 Å². The number of hydrogen-bond acceptors (Lipinski definition) is 4. The van der Waals surface area contributed by atoms with Crippen molar-refractivity contribution in [1.29, 1.82) is 0 Å². The molecule has 25 heavy (non-hydrogen) atoms. The fourth-order valence-corrected chi connectivity index (χ4v) is 3.79. The number of pyridine rings is 1. The summed E-state index contributed by atoms with van der Waals surface area (Å²) in [4.78, 5) is 22.2. The molecule has 1 saturated heterocycles. The smallest absolute Gasteiger partial charge is 0.223 e. The van der Waals surface area contributed by atoms with Gasteiger partial charge >= 0.3 is 0 Å². The van der Waals surface area contributed by atoms with Gasteiger partial charge in [0.05, 0.1) is 5.69 Å². The number of rotatable bonds is 6. The van der Waals surface area contributed by atoms with Gasteiger partial charge in [-0.05, 0) is 36.4 Å². The zero-order chi connectivity index (χ0) is 17.5. The Morgan fingerprint density at radius 1 is 1.08 bits per heavy atom. The molecule has 0 spiro atoms. The van der Waals surface area contributed by atoms with Crippen molar-refractivity contribution in [2.75, 3.05) is 31.9 Å². The van der Waals surface area contributed by atoms with E-state index in [1.807, 2.05) is 53.6 Å². The molecule has 0 aliphatic carbocycles. The number of benzene rings is 1. The minimum absolute atomic E-state index is 0.249. The van der Waals surface area contributed by atoms with E-state index in [1.165, 1.54) is 0 Å². The topological polar surface area (TPSA) is 36.4 Å². The number of amides is 1. The molecule has 1 aromatic heterocycles. The molecule has 0 N–H and O–H groups in total. The molecule has 1 amide bonds. The summed E-state index contributed by atoms with van der Waals surface area (Å²) in [5.41, 5.74) is 1.08. The lowest BCUT2D eigenvalue weighted by Gasteiger charge is -2.34. The zero-order valence-electron chi connectivity index (χ0n) is 14.1. The van der Waals surface area contributed by atoms with Gasteiger partial charge in [0, 0.05) is 61.0 Å². The Morgan fingerprint density at radius 3 is 2.52 bits per heavy atom. The van der Waals surface area contributed by atoms with Gasteiger partial charge in [0.1, 0.15) is 0 Å². The summed E-state index contributed by atoms with van der Waals surface area (Å²) in [6.07, 6.45) is 2.40. The lowest BCUT2D eigenvalue weighted by atomic mass is 10.2. The number of thioether (sulfide) groups is 1. The second-order valence-corrected chi connectivity index (χ2v) is 7.64. The van der Waals surface area contributed by atoms with E-state index in [4.69, 9.17) is 11.6 Å². The average molecular weight is 376 g/mol. The molecule has 1 aromatic carbocycles. The van der Waals surface area contributed by atoms with Crippen LogP contribution in [0.3, 0.4) is 0 Å². The zero-order valence-corrected chi connectivity index (χ0v) is 15.7. The minimum Gasteiger partial charge on any atom is -0.340 e. The van der Waals surface area contributed by atoms with Crippen LogP contribution in [0.25, 0.3) is 0 Å². The van der Waals surface area contributed by atoms with Crippen molar-refractivity contribution in [3.8, 4) is 0 Å². The fraction of sp³-hybridized carbons (Fsp3) is 0.368. The lowest BCUT2D eigenvalue weighted by Crippen LogP contribution is -2.48. The highest BCUT2D eigenvalue weighted by Gasteiger charge is 2.20. The van der Waals surface area contributed by atoms with Gasteiger partial charge in [0.25, 0.3) is 0 Å². The molecule has 6 heteroatoms. The summed E-state index contributed by atoms with van der Waals surface area (Å²) < 4.78 is 0. The maximum Gasteiger partial charge on any atom is 0.223 e. The van der Waals surface area contributed by atoms with Gasteiger partial charge in [-0.1, -0.05) is 17.7 Å². The van der Waals surface area contributed by atoms with E-state index in [2.05, 4.69) is 9.88 Å². The molecule has 4 nitrogen and oxygen atoms in total. The van der Waals surface area contributed by atoms with Crippen molar-refractivity contribution in [3.05, 3.63) is 59.4 Å². The summed E-state index contributed by atoms with van der Waals surface area (Å²) in [7, 11) is 0. The first kappa shape index (κ1) is 18.2.